The van der Waals surface area contributed by atoms with Crippen LogP contribution < -0.4 is 5.32 Å². The van der Waals surface area contributed by atoms with Crippen molar-refractivity contribution in [2.75, 3.05) is 26.2 Å². The van der Waals surface area contributed by atoms with Crippen molar-refractivity contribution in [1.82, 2.24) is 29.8 Å². The van der Waals surface area contributed by atoms with Crippen molar-refractivity contribution < 1.29 is 4.79 Å². The molecule has 0 atom stereocenters. The quantitative estimate of drug-likeness (QED) is 0.471. The van der Waals surface area contributed by atoms with Crippen LogP contribution in [0.1, 0.15) is 24.2 Å². The van der Waals surface area contributed by atoms with Gasteiger partial charge in [-0.15, -0.1) is 11.3 Å². The minimum absolute atomic E-state index is 0.102. The molecule has 0 aliphatic heterocycles. The van der Waals surface area contributed by atoms with Gasteiger partial charge in [0, 0.05) is 31.0 Å². The summed E-state index contributed by atoms with van der Waals surface area (Å²) < 4.78 is 1.73. The summed E-state index contributed by atoms with van der Waals surface area (Å²) in [5, 5.41) is 9.41. The number of aromatic nitrogens is 4. The number of nitrogens with one attached hydrogen (secondary N) is 1. The Morgan fingerprint density at radius 3 is 2.83 bits per heavy atom. The first-order valence-corrected chi connectivity index (χ1v) is 10.9. The summed E-state index contributed by atoms with van der Waals surface area (Å²) in [5.74, 6) is -0.102. The van der Waals surface area contributed by atoms with E-state index in [-0.39, 0.29) is 5.91 Å². The van der Waals surface area contributed by atoms with E-state index in [4.69, 9.17) is 4.98 Å². The highest BCUT2D eigenvalue weighted by molar-refractivity contribution is 7.13. The van der Waals surface area contributed by atoms with Gasteiger partial charge in [-0.25, -0.2) is 9.50 Å². The van der Waals surface area contributed by atoms with Crippen molar-refractivity contribution in [3.8, 4) is 21.8 Å². The lowest BCUT2D eigenvalue weighted by molar-refractivity contribution is 0.0949. The molecule has 1 amide bonds. The number of amides is 1. The summed E-state index contributed by atoms with van der Waals surface area (Å²) in [7, 11) is 0. The fraction of sp³-hybridized carbons (Fsp3) is 0.273. The number of pyridine rings is 1. The molecule has 0 unspecified atom stereocenters. The van der Waals surface area contributed by atoms with Crippen molar-refractivity contribution in [2.24, 2.45) is 0 Å². The Bertz CT molecular complexity index is 1130. The number of fused-ring (bicyclic) bond motifs is 1. The Labute approximate surface area is 179 Å². The molecule has 0 aliphatic rings. The summed E-state index contributed by atoms with van der Waals surface area (Å²) in [6.07, 6.45) is 5.29. The third kappa shape index (κ3) is 4.24. The molecular formula is C22H24N6OS. The molecule has 0 aliphatic carbocycles. The van der Waals surface area contributed by atoms with Gasteiger partial charge in [-0.3, -0.25) is 9.78 Å². The molecule has 1 N–H and O–H groups in total. The van der Waals surface area contributed by atoms with Crippen LogP contribution in [0.25, 0.3) is 27.5 Å². The van der Waals surface area contributed by atoms with E-state index < -0.39 is 0 Å². The summed E-state index contributed by atoms with van der Waals surface area (Å²) in [6.45, 7) is 7.63. The standard InChI is InChI=1S/C22H24N6OS/c1-3-27(4-2)12-10-24-22(29)16-7-9-23-19(14-16)17-15-25-28-11-8-18(26-21(17)28)20-6-5-13-30-20/h5-9,11,13-15H,3-4,10,12H2,1-2H3,(H,24,29). The second kappa shape index (κ2) is 9.15. The maximum absolute atomic E-state index is 12.6. The van der Waals surface area contributed by atoms with Crippen LogP contribution in [-0.4, -0.2) is 56.6 Å². The predicted octanol–water partition coefficient (Wildman–Crippen LogP) is 3.59. The minimum atomic E-state index is -0.102. The van der Waals surface area contributed by atoms with Crippen LogP contribution in [-0.2, 0) is 0 Å². The van der Waals surface area contributed by atoms with Crippen molar-refractivity contribution in [3.05, 3.63) is 59.9 Å². The Morgan fingerprint density at radius 2 is 2.07 bits per heavy atom. The zero-order chi connectivity index (χ0) is 20.9. The molecule has 4 heterocycles. The zero-order valence-electron chi connectivity index (χ0n) is 17.1. The Balaban J connectivity index is 1.57. The average Bonchev–Trinajstić information content (AvgIpc) is 3.46. The molecule has 154 valence electrons. The largest absolute Gasteiger partial charge is 0.351 e. The first kappa shape index (κ1) is 20.2. The van der Waals surface area contributed by atoms with Crippen molar-refractivity contribution in [1.29, 1.82) is 0 Å². The van der Waals surface area contributed by atoms with E-state index in [1.54, 1.807) is 40.4 Å². The van der Waals surface area contributed by atoms with Crippen LogP contribution in [0.2, 0.25) is 0 Å². The number of likely N-dealkylation sites (N-methyl/N-ethyl adjacent to an activating group) is 1. The predicted molar refractivity (Wildman–Crippen MR) is 120 cm³/mol. The highest BCUT2D eigenvalue weighted by atomic mass is 32.1. The highest BCUT2D eigenvalue weighted by Gasteiger charge is 2.14. The summed E-state index contributed by atoms with van der Waals surface area (Å²) in [5.41, 5.74) is 3.66. The molecule has 0 radical (unpaired) electrons. The zero-order valence-corrected chi connectivity index (χ0v) is 17.9. The maximum Gasteiger partial charge on any atom is 0.251 e. The van der Waals surface area contributed by atoms with E-state index in [0.717, 1.165) is 35.8 Å². The van der Waals surface area contributed by atoms with Crippen molar-refractivity contribution in [2.45, 2.75) is 13.8 Å². The van der Waals surface area contributed by atoms with Crippen LogP contribution >= 0.6 is 11.3 Å². The van der Waals surface area contributed by atoms with Crippen LogP contribution in [0.5, 0.6) is 0 Å². The number of thiophene rings is 1. The Morgan fingerprint density at radius 1 is 1.20 bits per heavy atom. The highest BCUT2D eigenvalue weighted by Crippen LogP contribution is 2.27. The third-order valence-corrected chi connectivity index (χ3v) is 5.94. The Hall–Kier alpha value is -3.10. The molecule has 30 heavy (non-hydrogen) atoms. The number of hydrogen-bond donors (Lipinski definition) is 1. The second-order valence-corrected chi connectivity index (χ2v) is 7.78. The molecule has 7 nitrogen and oxygen atoms in total. The average molecular weight is 421 g/mol. The van der Waals surface area contributed by atoms with Crippen LogP contribution in [0.4, 0.5) is 0 Å². The third-order valence-electron chi connectivity index (χ3n) is 5.05. The summed E-state index contributed by atoms with van der Waals surface area (Å²) in [4.78, 5) is 25.2. The van der Waals surface area contributed by atoms with Crippen LogP contribution in [0.15, 0.2) is 54.3 Å². The monoisotopic (exact) mass is 420 g/mol. The van der Waals surface area contributed by atoms with Gasteiger partial charge in [0.15, 0.2) is 5.65 Å². The molecular weight excluding hydrogens is 396 g/mol. The molecule has 0 spiro atoms. The van der Waals surface area contributed by atoms with E-state index in [2.05, 4.69) is 34.1 Å². The van der Waals surface area contributed by atoms with Gasteiger partial charge in [0.2, 0.25) is 0 Å². The van der Waals surface area contributed by atoms with Gasteiger partial charge < -0.3 is 10.2 Å². The van der Waals surface area contributed by atoms with Crippen LogP contribution in [0, 0.1) is 0 Å². The molecule has 4 rings (SSSR count). The number of hydrogen-bond acceptors (Lipinski definition) is 6. The molecule has 0 bridgehead atoms. The number of nitrogens with zero attached hydrogens (tertiary/aromatic N) is 5. The van der Waals surface area contributed by atoms with Gasteiger partial charge in [0.05, 0.1) is 28.0 Å². The maximum atomic E-state index is 12.6. The molecule has 4 aromatic rings. The van der Waals surface area contributed by atoms with E-state index in [9.17, 15) is 4.79 Å². The summed E-state index contributed by atoms with van der Waals surface area (Å²) in [6, 6.07) is 9.52. The lowest BCUT2D eigenvalue weighted by Crippen LogP contribution is -2.34. The van der Waals surface area contributed by atoms with E-state index in [1.807, 2.05) is 29.8 Å². The topological polar surface area (TPSA) is 75.4 Å². The van der Waals surface area contributed by atoms with Gasteiger partial charge in [0.1, 0.15) is 0 Å². The molecule has 4 aromatic heterocycles. The minimum Gasteiger partial charge on any atom is -0.351 e. The molecule has 8 heteroatoms. The molecule has 0 aromatic carbocycles. The molecule has 0 fully saturated rings. The van der Waals surface area contributed by atoms with Gasteiger partial charge in [0.25, 0.3) is 5.91 Å². The second-order valence-electron chi connectivity index (χ2n) is 6.83. The van der Waals surface area contributed by atoms with Crippen molar-refractivity contribution >= 4 is 22.9 Å². The fourth-order valence-corrected chi connectivity index (χ4v) is 3.99. The van der Waals surface area contributed by atoms with E-state index in [0.29, 0.717) is 23.4 Å². The molecule has 0 saturated heterocycles. The number of rotatable bonds is 8. The summed E-state index contributed by atoms with van der Waals surface area (Å²) >= 11 is 1.64. The van der Waals surface area contributed by atoms with Crippen molar-refractivity contribution in [3.63, 3.8) is 0 Å². The number of carbonyl (C=O) groups is 1. The van der Waals surface area contributed by atoms with E-state index in [1.165, 1.54) is 0 Å². The first-order chi connectivity index (χ1) is 14.7. The fourth-order valence-electron chi connectivity index (χ4n) is 3.30. The van der Waals surface area contributed by atoms with Gasteiger partial charge >= 0.3 is 0 Å². The van der Waals surface area contributed by atoms with E-state index >= 15 is 0 Å². The first-order valence-electron chi connectivity index (χ1n) is 10.0. The van der Waals surface area contributed by atoms with Crippen LogP contribution in [0.3, 0.4) is 0 Å². The van der Waals surface area contributed by atoms with Gasteiger partial charge in [-0.2, -0.15) is 5.10 Å². The number of carbonyl (C=O) groups excluding carboxylic acids is 1. The normalized spacial score (nSPS) is 11.3. The lowest BCUT2D eigenvalue weighted by Gasteiger charge is -2.17. The lowest BCUT2D eigenvalue weighted by atomic mass is 10.1. The SMILES string of the molecule is CCN(CC)CCNC(=O)c1ccnc(-c2cnn3ccc(-c4cccs4)nc23)c1. The Kier molecular flexibility index (Phi) is 6.15. The van der Waals surface area contributed by atoms with Gasteiger partial charge in [-0.1, -0.05) is 19.9 Å². The smallest absolute Gasteiger partial charge is 0.251 e. The van der Waals surface area contributed by atoms with Gasteiger partial charge in [-0.05, 0) is 42.7 Å². The molecule has 0 saturated carbocycles.